The highest BCUT2D eigenvalue weighted by atomic mass is 15.1. The van der Waals surface area contributed by atoms with Gasteiger partial charge in [-0.1, -0.05) is 18.2 Å². The van der Waals surface area contributed by atoms with Crippen molar-refractivity contribution in [2.75, 3.05) is 19.6 Å². The Bertz CT molecular complexity index is 578. The standard InChI is InChI=1S/C15H19N3/c1-2-4-13-11(3-1)12-5-8-17-15(14(12)18-13)6-9-16-10-7-15/h1-4,16-18H,5-10H2. The molecule has 0 aliphatic carbocycles. The van der Waals surface area contributed by atoms with E-state index in [2.05, 4.69) is 39.9 Å². The van der Waals surface area contributed by atoms with Gasteiger partial charge in [-0.2, -0.15) is 0 Å². The van der Waals surface area contributed by atoms with Gasteiger partial charge in [0.2, 0.25) is 0 Å². The molecule has 3 nitrogen and oxygen atoms in total. The molecule has 0 bridgehead atoms. The molecule has 1 spiro atoms. The predicted octanol–water partition coefficient (Wildman–Crippen LogP) is 1.89. The van der Waals surface area contributed by atoms with E-state index in [1.165, 1.54) is 29.4 Å². The normalized spacial score (nSPS) is 22.2. The molecule has 0 saturated carbocycles. The minimum atomic E-state index is 0.192. The molecule has 18 heavy (non-hydrogen) atoms. The average molecular weight is 241 g/mol. The van der Waals surface area contributed by atoms with Crippen LogP contribution in [0.5, 0.6) is 0 Å². The van der Waals surface area contributed by atoms with Crippen LogP contribution < -0.4 is 10.6 Å². The van der Waals surface area contributed by atoms with Crippen LogP contribution in [0.1, 0.15) is 24.1 Å². The third-order valence-corrected chi connectivity index (χ3v) is 4.59. The molecule has 1 aromatic carbocycles. The summed E-state index contributed by atoms with van der Waals surface area (Å²) < 4.78 is 0. The van der Waals surface area contributed by atoms with Crippen LogP contribution >= 0.6 is 0 Å². The summed E-state index contributed by atoms with van der Waals surface area (Å²) in [6.07, 6.45) is 3.52. The predicted molar refractivity (Wildman–Crippen MR) is 73.8 cm³/mol. The van der Waals surface area contributed by atoms with Gasteiger partial charge in [0.1, 0.15) is 0 Å². The molecule has 0 atom stereocenters. The van der Waals surface area contributed by atoms with Crippen molar-refractivity contribution in [2.45, 2.75) is 24.8 Å². The van der Waals surface area contributed by atoms with Crippen molar-refractivity contribution in [1.29, 1.82) is 0 Å². The summed E-state index contributed by atoms with van der Waals surface area (Å²) in [5.41, 5.74) is 4.49. The molecule has 3 N–H and O–H groups in total. The third-order valence-electron chi connectivity index (χ3n) is 4.59. The molecule has 94 valence electrons. The number of benzene rings is 1. The smallest absolute Gasteiger partial charge is 0.0614 e. The summed E-state index contributed by atoms with van der Waals surface area (Å²) in [7, 11) is 0. The molecule has 0 radical (unpaired) electrons. The summed E-state index contributed by atoms with van der Waals surface area (Å²) in [6, 6.07) is 8.72. The summed E-state index contributed by atoms with van der Waals surface area (Å²) in [6.45, 7) is 3.33. The van der Waals surface area contributed by atoms with Gasteiger partial charge in [-0.05, 0) is 44.0 Å². The maximum Gasteiger partial charge on any atom is 0.0614 e. The zero-order valence-corrected chi connectivity index (χ0v) is 10.6. The summed E-state index contributed by atoms with van der Waals surface area (Å²) >= 11 is 0. The number of nitrogens with one attached hydrogen (secondary N) is 3. The Balaban J connectivity index is 1.93. The second-order valence-electron chi connectivity index (χ2n) is 5.53. The van der Waals surface area contributed by atoms with E-state index >= 15 is 0 Å². The highest BCUT2D eigenvalue weighted by molar-refractivity contribution is 5.85. The minimum absolute atomic E-state index is 0.192. The van der Waals surface area contributed by atoms with Crippen molar-refractivity contribution < 1.29 is 0 Å². The van der Waals surface area contributed by atoms with Gasteiger partial charge in [-0.3, -0.25) is 0 Å². The molecule has 3 heteroatoms. The Labute approximate surface area is 107 Å². The van der Waals surface area contributed by atoms with E-state index in [0.717, 1.165) is 26.1 Å². The lowest BCUT2D eigenvalue weighted by molar-refractivity contribution is 0.230. The summed E-state index contributed by atoms with van der Waals surface area (Å²) in [4.78, 5) is 3.69. The average Bonchev–Trinajstić information content (AvgIpc) is 2.81. The fourth-order valence-electron chi connectivity index (χ4n) is 3.66. The van der Waals surface area contributed by atoms with Crippen LogP contribution in [-0.4, -0.2) is 24.6 Å². The molecule has 2 aliphatic rings. The highest BCUT2D eigenvalue weighted by Gasteiger charge is 2.39. The van der Waals surface area contributed by atoms with Crippen LogP contribution in [0.4, 0.5) is 0 Å². The first-order valence-electron chi connectivity index (χ1n) is 6.95. The second kappa shape index (κ2) is 3.84. The molecule has 1 aromatic heterocycles. The molecule has 0 unspecified atom stereocenters. The topological polar surface area (TPSA) is 39.9 Å². The summed E-state index contributed by atoms with van der Waals surface area (Å²) in [5.74, 6) is 0. The highest BCUT2D eigenvalue weighted by Crippen LogP contribution is 2.38. The first-order valence-corrected chi connectivity index (χ1v) is 6.95. The van der Waals surface area contributed by atoms with E-state index < -0.39 is 0 Å². The number of rotatable bonds is 0. The molecule has 0 amide bonds. The van der Waals surface area contributed by atoms with Crippen LogP contribution in [-0.2, 0) is 12.0 Å². The van der Waals surface area contributed by atoms with E-state index in [4.69, 9.17) is 0 Å². The lowest BCUT2D eigenvalue weighted by Gasteiger charge is -2.41. The van der Waals surface area contributed by atoms with Crippen LogP contribution in [0.25, 0.3) is 10.9 Å². The zero-order chi connectivity index (χ0) is 12.0. The van der Waals surface area contributed by atoms with Crippen molar-refractivity contribution in [3.8, 4) is 0 Å². The number of fused-ring (bicyclic) bond motifs is 4. The lowest BCUT2D eigenvalue weighted by Crippen LogP contribution is -2.53. The van der Waals surface area contributed by atoms with Crippen molar-refractivity contribution in [2.24, 2.45) is 0 Å². The largest absolute Gasteiger partial charge is 0.357 e. The Morgan fingerprint density at radius 2 is 1.83 bits per heavy atom. The van der Waals surface area contributed by atoms with Gasteiger partial charge in [0.25, 0.3) is 0 Å². The molecule has 3 heterocycles. The van der Waals surface area contributed by atoms with Gasteiger partial charge in [-0.15, -0.1) is 0 Å². The Morgan fingerprint density at radius 3 is 2.72 bits per heavy atom. The number of para-hydroxylation sites is 1. The maximum atomic E-state index is 3.78. The summed E-state index contributed by atoms with van der Waals surface area (Å²) in [5, 5.41) is 8.67. The van der Waals surface area contributed by atoms with Gasteiger partial charge in [0.15, 0.2) is 0 Å². The van der Waals surface area contributed by atoms with Gasteiger partial charge in [0.05, 0.1) is 5.54 Å². The fourth-order valence-corrected chi connectivity index (χ4v) is 3.66. The van der Waals surface area contributed by atoms with E-state index in [0.29, 0.717) is 0 Å². The van der Waals surface area contributed by atoms with Crippen LogP contribution in [0.2, 0.25) is 0 Å². The molecule has 2 aliphatic heterocycles. The Morgan fingerprint density at radius 1 is 1.00 bits per heavy atom. The number of aromatic amines is 1. The fraction of sp³-hybridized carbons (Fsp3) is 0.467. The molecular weight excluding hydrogens is 222 g/mol. The van der Waals surface area contributed by atoms with Crippen LogP contribution in [0, 0.1) is 0 Å². The molecule has 2 aromatic rings. The molecule has 4 rings (SSSR count). The molecular formula is C15H19N3. The van der Waals surface area contributed by atoms with Crippen LogP contribution in [0.15, 0.2) is 24.3 Å². The molecule has 1 saturated heterocycles. The first kappa shape index (κ1) is 10.6. The quantitative estimate of drug-likeness (QED) is 0.659. The van der Waals surface area contributed by atoms with E-state index in [-0.39, 0.29) is 5.54 Å². The van der Waals surface area contributed by atoms with Crippen LogP contribution in [0.3, 0.4) is 0 Å². The van der Waals surface area contributed by atoms with Gasteiger partial charge >= 0.3 is 0 Å². The maximum absolute atomic E-state index is 3.78. The van der Waals surface area contributed by atoms with Gasteiger partial charge in [0, 0.05) is 23.1 Å². The van der Waals surface area contributed by atoms with E-state index in [1.807, 2.05) is 0 Å². The van der Waals surface area contributed by atoms with Crippen molar-refractivity contribution in [3.05, 3.63) is 35.5 Å². The Kier molecular flexibility index (Phi) is 2.26. The number of hydrogen-bond donors (Lipinski definition) is 3. The number of hydrogen-bond acceptors (Lipinski definition) is 2. The molecule has 1 fully saturated rings. The Hall–Kier alpha value is -1.32. The van der Waals surface area contributed by atoms with Gasteiger partial charge < -0.3 is 15.6 Å². The second-order valence-corrected chi connectivity index (χ2v) is 5.53. The minimum Gasteiger partial charge on any atom is -0.357 e. The third kappa shape index (κ3) is 1.38. The number of aromatic nitrogens is 1. The number of H-pyrrole nitrogens is 1. The van der Waals surface area contributed by atoms with E-state index in [9.17, 15) is 0 Å². The van der Waals surface area contributed by atoms with Gasteiger partial charge in [-0.25, -0.2) is 0 Å². The zero-order valence-electron chi connectivity index (χ0n) is 10.6. The number of piperidine rings is 1. The van der Waals surface area contributed by atoms with Crippen molar-refractivity contribution >= 4 is 10.9 Å². The lowest BCUT2D eigenvalue weighted by atomic mass is 9.80. The first-order chi connectivity index (χ1) is 8.89. The van der Waals surface area contributed by atoms with Crippen molar-refractivity contribution in [1.82, 2.24) is 15.6 Å². The van der Waals surface area contributed by atoms with E-state index in [1.54, 1.807) is 5.56 Å². The van der Waals surface area contributed by atoms with Crippen molar-refractivity contribution in [3.63, 3.8) is 0 Å². The monoisotopic (exact) mass is 241 g/mol. The SMILES string of the molecule is c1ccc2c3c([nH]c2c1)C1(CCNCC1)NCC3.